The molecule has 0 aromatic carbocycles. The van der Waals surface area contributed by atoms with Gasteiger partial charge in [-0.05, 0) is 69.6 Å². The van der Waals surface area contributed by atoms with Gasteiger partial charge in [0.15, 0.2) is 0 Å². The second kappa shape index (κ2) is 31.3. The number of hydrogen-bond acceptors (Lipinski definition) is 13. The normalized spacial score (nSPS) is 10.7. The lowest BCUT2D eigenvalue weighted by molar-refractivity contribution is 0.132. The molecule has 13 nitrogen and oxygen atoms in total. The van der Waals surface area contributed by atoms with Gasteiger partial charge in [0, 0.05) is 13.2 Å². The van der Waals surface area contributed by atoms with E-state index in [1.54, 1.807) is 0 Å². The van der Waals surface area contributed by atoms with E-state index in [0.29, 0.717) is 65.3 Å². The minimum absolute atomic E-state index is 0.0619. The van der Waals surface area contributed by atoms with E-state index in [9.17, 15) is 28.8 Å². The molecule has 0 spiro atoms. The summed E-state index contributed by atoms with van der Waals surface area (Å²) in [5.41, 5.74) is -0.0619. The standard InChI is InChI=1S/C17H24N4O4.C8H12N2O3/c22-13-18-9-1-5-17(6-2-10-19-14-23,7-3-11-20-15-24)8-4-12-21-16-25;11-7-9-3-1-5-13-6-2-4-10-8-12/h1-12H2;1-6H2. The molecule has 0 aromatic heterocycles. The van der Waals surface area contributed by atoms with E-state index in [2.05, 4.69) is 30.0 Å². The van der Waals surface area contributed by atoms with E-state index in [4.69, 9.17) is 4.74 Å². The highest BCUT2D eigenvalue weighted by atomic mass is 16.5. The Morgan fingerprint density at radius 1 is 0.395 bits per heavy atom. The van der Waals surface area contributed by atoms with E-state index in [-0.39, 0.29) is 5.41 Å². The Morgan fingerprint density at radius 3 is 0.868 bits per heavy atom. The molecule has 0 atom stereocenters. The fourth-order valence-corrected chi connectivity index (χ4v) is 3.75. The van der Waals surface area contributed by atoms with Crippen LogP contribution in [0.25, 0.3) is 0 Å². The van der Waals surface area contributed by atoms with Crippen LogP contribution in [0.15, 0.2) is 30.0 Å². The van der Waals surface area contributed by atoms with Crippen LogP contribution in [-0.2, 0) is 33.5 Å². The molecule has 0 amide bonds. The van der Waals surface area contributed by atoms with Gasteiger partial charge in [-0.2, -0.15) is 0 Å². The molecule has 0 aliphatic rings. The summed E-state index contributed by atoms with van der Waals surface area (Å²) >= 11 is 0. The van der Waals surface area contributed by atoms with Crippen molar-refractivity contribution in [2.75, 3.05) is 52.5 Å². The number of carbonyl (C=O) groups excluding carboxylic acids is 6. The van der Waals surface area contributed by atoms with Crippen LogP contribution in [0.2, 0.25) is 0 Å². The van der Waals surface area contributed by atoms with Gasteiger partial charge in [-0.1, -0.05) is 0 Å². The second-order valence-electron chi connectivity index (χ2n) is 8.07. The molecule has 0 heterocycles. The molecule has 208 valence electrons. The lowest BCUT2D eigenvalue weighted by Gasteiger charge is -2.34. The third kappa shape index (κ3) is 26.8. The predicted octanol–water partition coefficient (Wildman–Crippen LogP) is 2.89. The van der Waals surface area contributed by atoms with E-state index >= 15 is 0 Å². The fourth-order valence-electron chi connectivity index (χ4n) is 3.75. The van der Waals surface area contributed by atoms with Crippen molar-refractivity contribution in [3.8, 4) is 0 Å². The topological polar surface area (TPSA) is 186 Å². The van der Waals surface area contributed by atoms with Crippen LogP contribution >= 0.6 is 0 Å². The van der Waals surface area contributed by atoms with Crippen molar-refractivity contribution in [3.05, 3.63) is 0 Å². The molecule has 0 N–H and O–H groups in total. The molecule has 0 fully saturated rings. The highest BCUT2D eigenvalue weighted by Gasteiger charge is 2.28. The lowest BCUT2D eigenvalue weighted by Crippen LogP contribution is -2.23. The average Bonchev–Trinajstić information content (AvgIpc) is 2.93. The van der Waals surface area contributed by atoms with Crippen LogP contribution in [0.4, 0.5) is 0 Å². The zero-order valence-electron chi connectivity index (χ0n) is 21.8. The number of isocyanates is 6. The van der Waals surface area contributed by atoms with E-state index in [0.717, 1.165) is 51.4 Å². The summed E-state index contributed by atoms with van der Waals surface area (Å²) in [5, 5.41) is 0. The summed E-state index contributed by atoms with van der Waals surface area (Å²) < 4.78 is 5.15. The largest absolute Gasteiger partial charge is 0.381 e. The van der Waals surface area contributed by atoms with Gasteiger partial charge in [0.1, 0.15) is 0 Å². The number of rotatable bonds is 24. The quantitative estimate of drug-likeness (QED) is 0.104. The molecule has 0 saturated carbocycles. The average molecular weight is 533 g/mol. The molecular formula is C25H36N6O7. The van der Waals surface area contributed by atoms with E-state index < -0.39 is 0 Å². The van der Waals surface area contributed by atoms with Crippen molar-refractivity contribution in [2.45, 2.75) is 64.2 Å². The van der Waals surface area contributed by atoms with E-state index in [1.807, 2.05) is 0 Å². The SMILES string of the molecule is O=C=NCCCC(CCCN=C=O)(CCCN=C=O)CCCN=C=O.O=C=NCCCOCCCN=C=O. The van der Waals surface area contributed by atoms with Gasteiger partial charge < -0.3 is 4.74 Å². The summed E-state index contributed by atoms with van der Waals surface area (Å²) in [4.78, 5) is 81.2. The van der Waals surface area contributed by atoms with Crippen molar-refractivity contribution in [1.29, 1.82) is 0 Å². The van der Waals surface area contributed by atoms with Gasteiger partial charge in [0.2, 0.25) is 36.5 Å². The molecule has 0 rings (SSSR count). The maximum Gasteiger partial charge on any atom is 0.234 e. The first kappa shape index (κ1) is 36.4. The lowest BCUT2D eigenvalue weighted by atomic mass is 9.72. The zero-order valence-corrected chi connectivity index (χ0v) is 21.8. The Balaban J connectivity index is 0. The number of aliphatic imine (C=N–C) groups is 6. The van der Waals surface area contributed by atoms with Gasteiger partial charge in [-0.3, -0.25) is 0 Å². The molecule has 0 saturated heterocycles. The molecule has 0 aliphatic carbocycles. The van der Waals surface area contributed by atoms with Crippen LogP contribution in [0.3, 0.4) is 0 Å². The second-order valence-corrected chi connectivity index (χ2v) is 8.07. The molecule has 0 unspecified atom stereocenters. The molecule has 0 radical (unpaired) electrons. The molecule has 13 heteroatoms. The summed E-state index contributed by atoms with van der Waals surface area (Å²) in [6.45, 7) is 3.69. The smallest absolute Gasteiger partial charge is 0.234 e. The molecule has 0 bridgehead atoms. The van der Waals surface area contributed by atoms with Crippen LogP contribution in [-0.4, -0.2) is 89.0 Å². The maximum absolute atomic E-state index is 10.2. The van der Waals surface area contributed by atoms with Crippen LogP contribution in [0.5, 0.6) is 0 Å². The molecule has 38 heavy (non-hydrogen) atoms. The Kier molecular flexibility index (Phi) is 30.0. The van der Waals surface area contributed by atoms with Crippen molar-refractivity contribution < 1.29 is 33.5 Å². The molecule has 0 aromatic rings. The van der Waals surface area contributed by atoms with Crippen LogP contribution in [0.1, 0.15) is 64.2 Å². The Bertz CT molecular complexity index is 766. The summed E-state index contributed by atoms with van der Waals surface area (Å²) in [6.07, 6.45) is 16.7. The minimum atomic E-state index is -0.0619. The van der Waals surface area contributed by atoms with Crippen molar-refractivity contribution in [2.24, 2.45) is 35.4 Å². The van der Waals surface area contributed by atoms with Crippen LogP contribution < -0.4 is 0 Å². The minimum Gasteiger partial charge on any atom is -0.381 e. The Labute approximate surface area is 222 Å². The van der Waals surface area contributed by atoms with Crippen molar-refractivity contribution in [1.82, 2.24) is 0 Å². The highest BCUT2D eigenvalue weighted by Crippen LogP contribution is 2.40. The maximum atomic E-state index is 10.2. The summed E-state index contributed by atoms with van der Waals surface area (Å²) in [7, 11) is 0. The van der Waals surface area contributed by atoms with Crippen molar-refractivity contribution >= 4 is 36.5 Å². The Hall–Kier alpha value is -3.76. The number of nitrogens with zero attached hydrogens (tertiary/aromatic N) is 6. The van der Waals surface area contributed by atoms with Gasteiger partial charge in [-0.15, -0.1) is 0 Å². The zero-order chi connectivity index (χ0) is 28.4. The summed E-state index contributed by atoms with van der Waals surface area (Å²) in [5.74, 6) is 0. The first-order valence-corrected chi connectivity index (χ1v) is 12.5. The highest BCUT2D eigenvalue weighted by molar-refractivity contribution is 5.34. The van der Waals surface area contributed by atoms with E-state index in [1.165, 1.54) is 36.5 Å². The summed E-state index contributed by atoms with van der Waals surface area (Å²) in [6, 6.07) is 0. The Morgan fingerprint density at radius 2 is 0.632 bits per heavy atom. The molecular weight excluding hydrogens is 496 g/mol. The third-order valence-electron chi connectivity index (χ3n) is 5.41. The first-order valence-electron chi connectivity index (χ1n) is 12.5. The van der Waals surface area contributed by atoms with Gasteiger partial charge >= 0.3 is 0 Å². The number of ether oxygens (including phenoxy) is 1. The van der Waals surface area contributed by atoms with Gasteiger partial charge in [-0.25, -0.2) is 58.7 Å². The van der Waals surface area contributed by atoms with Gasteiger partial charge in [0.25, 0.3) is 0 Å². The molecule has 0 aliphatic heterocycles. The predicted molar refractivity (Wildman–Crippen MR) is 137 cm³/mol. The van der Waals surface area contributed by atoms with Crippen molar-refractivity contribution in [3.63, 3.8) is 0 Å². The number of hydrogen-bond donors (Lipinski definition) is 0. The van der Waals surface area contributed by atoms with Crippen LogP contribution in [0, 0.1) is 5.41 Å². The first-order chi connectivity index (χ1) is 18.7. The van der Waals surface area contributed by atoms with Gasteiger partial charge in [0.05, 0.1) is 39.3 Å². The monoisotopic (exact) mass is 532 g/mol. The fraction of sp³-hybridized carbons (Fsp3) is 0.760. The third-order valence-corrected chi connectivity index (χ3v) is 5.41.